The number of hydrogen-bond acceptors (Lipinski definition) is 6. The van der Waals surface area contributed by atoms with Crippen molar-refractivity contribution in [2.24, 2.45) is 0 Å². The molecule has 2 heterocycles. The van der Waals surface area contributed by atoms with Gasteiger partial charge in [-0.3, -0.25) is 4.68 Å². The summed E-state index contributed by atoms with van der Waals surface area (Å²) in [4.78, 5) is 18.8. The third kappa shape index (κ3) is 5.26. The number of pyridine rings is 1. The number of ether oxygens (including phenoxy) is 2. The van der Waals surface area contributed by atoms with E-state index in [0.29, 0.717) is 25.3 Å². The molecule has 7 nitrogen and oxygen atoms in total. The molecule has 174 valence electrons. The van der Waals surface area contributed by atoms with Crippen LogP contribution in [0.3, 0.4) is 0 Å². The minimum atomic E-state index is -0.318. The van der Waals surface area contributed by atoms with Gasteiger partial charge in [0.1, 0.15) is 11.6 Å². The van der Waals surface area contributed by atoms with Gasteiger partial charge in [0.2, 0.25) is 0 Å². The molecule has 0 atom stereocenters. The first-order chi connectivity index (χ1) is 16.6. The molecule has 0 aliphatic heterocycles. The molecule has 0 N–H and O–H groups in total. The van der Waals surface area contributed by atoms with E-state index in [9.17, 15) is 4.79 Å². The smallest absolute Gasteiger partial charge is 0.338 e. The quantitative estimate of drug-likeness (QED) is 0.337. The number of rotatable bonds is 9. The largest absolute Gasteiger partial charge is 0.496 e. The topological polar surface area (TPSA) is 69.5 Å². The average Bonchev–Trinajstić information content (AvgIpc) is 3.33. The Kier molecular flexibility index (Phi) is 7.22. The van der Waals surface area contributed by atoms with E-state index >= 15 is 0 Å². The molecule has 2 aromatic carbocycles. The average molecular weight is 457 g/mol. The summed E-state index contributed by atoms with van der Waals surface area (Å²) in [6.07, 6.45) is 5.58. The van der Waals surface area contributed by atoms with E-state index in [-0.39, 0.29) is 5.97 Å². The van der Waals surface area contributed by atoms with E-state index in [4.69, 9.17) is 9.47 Å². The Morgan fingerprint density at radius 3 is 2.62 bits per heavy atom. The van der Waals surface area contributed by atoms with Crippen LogP contribution in [0, 0.1) is 0 Å². The van der Waals surface area contributed by atoms with Crippen LogP contribution in [0.4, 0.5) is 5.82 Å². The van der Waals surface area contributed by atoms with Crippen molar-refractivity contribution in [2.45, 2.75) is 20.0 Å². The van der Waals surface area contributed by atoms with Gasteiger partial charge in [-0.15, -0.1) is 0 Å². The lowest BCUT2D eigenvalue weighted by atomic mass is 10.1. The van der Waals surface area contributed by atoms with Gasteiger partial charge >= 0.3 is 5.97 Å². The first kappa shape index (κ1) is 23.0. The van der Waals surface area contributed by atoms with E-state index < -0.39 is 0 Å². The second-order valence-corrected chi connectivity index (χ2v) is 7.87. The third-order valence-corrected chi connectivity index (χ3v) is 5.55. The summed E-state index contributed by atoms with van der Waals surface area (Å²) in [5.41, 5.74) is 4.46. The number of carbonyl (C=O) groups excluding carboxylic acids is 1. The molecular formula is C27H28N4O3. The summed E-state index contributed by atoms with van der Waals surface area (Å²) >= 11 is 0. The Hall–Kier alpha value is -4.13. The van der Waals surface area contributed by atoms with Crippen molar-refractivity contribution in [3.05, 3.63) is 95.9 Å². The van der Waals surface area contributed by atoms with Crippen LogP contribution in [0.2, 0.25) is 0 Å². The first-order valence-corrected chi connectivity index (χ1v) is 11.2. The summed E-state index contributed by atoms with van der Waals surface area (Å²) in [5, 5.41) is 4.51. The first-order valence-electron chi connectivity index (χ1n) is 11.2. The van der Waals surface area contributed by atoms with E-state index in [0.717, 1.165) is 33.8 Å². The zero-order valence-corrected chi connectivity index (χ0v) is 19.6. The van der Waals surface area contributed by atoms with E-state index in [2.05, 4.69) is 27.1 Å². The predicted octanol–water partition coefficient (Wildman–Crippen LogP) is 4.82. The molecule has 34 heavy (non-hydrogen) atoms. The highest BCUT2D eigenvalue weighted by molar-refractivity contribution is 5.91. The van der Waals surface area contributed by atoms with Gasteiger partial charge in [0.15, 0.2) is 0 Å². The van der Waals surface area contributed by atoms with Gasteiger partial charge < -0.3 is 14.4 Å². The normalized spacial score (nSPS) is 10.7. The Labute approximate surface area is 199 Å². The highest BCUT2D eigenvalue weighted by atomic mass is 16.5. The molecule has 0 aliphatic carbocycles. The van der Waals surface area contributed by atoms with Gasteiger partial charge in [-0.25, -0.2) is 9.78 Å². The number of benzene rings is 2. The summed E-state index contributed by atoms with van der Waals surface area (Å²) in [5.74, 6) is 1.39. The SMILES string of the molecule is CCOC(=O)c1ccccc1Cn1cc(-c2ccc(CN(C)c3ccccn3)c(OC)c2)cn1. The fourth-order valence-electron chi connectivity index (χ4n) is 3.81. The number of nitrogens with zero attached hydrogens (tertiary/aromatic N) is 4. The zero-order chi connectivity index (χ0) is 23.9. The van der Waals surface area contributed by atoms with Gasteiger partial charge in [-0.1, -0.05) is 36.4 Å². The molecule has 0 spiro atoms. The van der Waals surface area contributed by atoms with Gasteiger partial charge in [-0.2, -0.15) is 5.10 Å². The maximum atomic E-state index is 12.3. The molecule has 0 unspecified atom stereocenters. The number of carbonyl (C=O) groups is 1. The van der Waals surface area contributed by atoms with E-state index in [1.54, 1.807) is 26.3 Å². The molecule has 7 heteroatoms. The highest BCUT2D eigenvalue weighted by Crippen LogP contribution is 2.29. The Morgan fingerprint density at radius 1 is 1.03 bits per heavy atom. The third-order valence-electron chi connectivity index (χ3n) is 5.55. The predicted molar refractivity (Wildman–Crippen MR) is 132 cm³/mol. The molecule has 4 aromatic rings. The summed E-state index contributed by atoms with van der Waals surface area (Å²) in [6.45, 7) is 3.29. The number of aromatic nitrogens is 3. The van der Waals surface area contributed by atoms with Crippen molar-refractivity contribution in [3.8, 4) is 16.9 Å². The van der Waals surface area contributed by atoms with E-state index in [1.807, 2.05) is 66.6 Å². The standard InChI is InChI=1S/C27H28N4O3/c1-4-34-27(32)24-10-6-5-9-21(24)18-31-19-23(16-29-31)20-12-13-22(25(15-20)33-3)17-30(2)26-11-7-8-14-28-26/h5-16,19H,4,17-18H2,1-3H3. The van der Waals surface area contributed by atoms with Crippen LogP contribution in [0.25, 0.3) is 11.1 Å². The van der Waals surface area contributed by atoms with Crippen LogP contribution >= 0.6 is 0 Å². The van der Waals surface area contributed by atoms with Crippen molar-refractivity contribution < 1.29 is 14.3 Å². The summed E-state index contributed by atoms with van der Waals surface area (Å²) in [7, 11) is 3.69. The molecule has 0 saturated carbocycles. The zero-order valence-electron chi connectivity index (χ0n) is 19.6. The lowest BCUT2D eigenvalue weighted by Gasteiger charge is -2.20. The molecular weight excluding hydrogens is 428 g/mol. The van der Waals surface area contributed by atoms with Gasteiger partial charge in [-0.05, 0) is 42.3 Å². The maximum absolute atomic E-state index is 12.3. The molecule has 2 aromatic heterocycles. The second-order valence-electron chi connectivity index (χ2n) is 7.87. The molecule has 0 aliphatic rings. The minimum absolute atomic E-state index is 0.318. The molecule has 0 saturated heterocycles. The van der Waals surface area contributed by atoms with Crippen LogP contribution in [0.5, 0.6) is 5.75 Å². The molecule has 0 amide bonds. The molecule has 4 rings (SSSR count). The molecule has 0 fully saturated rings. The van der Waals surface area contributed by atoms with Crippen molar-refractivity contribution in [1.29, 1.82) is 0 Å². The second kappa shape index (κ2) is 10.7. The fraction of sp³-hybridized carbons (Fsp3) is 0.222. The van der Waals surface area contributed by atoms with Crippen LogP contribution in [-0.4, -0.2) is 41.5 Å². The maximum Gasteiger partial charge on any atom is 0.338 e. The van der Waals surface area contributed by atoms with Crippen LogP contribution in [0.15, 0.2) is 79.3 Å². The minimum Gasteiger partial charge on any atom is -0.496 e. The number of esters is 1. The number of hydrogen-bond donors (Lipinski definition) is 0. The monoisotopic (exact) mass is 456 g/mol. The fourth-order valence-corrected chi connectivity index (χ4v) is 3.81. The van der Waals surface area contributed by atoms with Crippen molar-refractivity contribution in [1.82, 2.24) is 14.8 Å². The van der Waals surface area contributed by atoms with Crippen molar-refractivity contribution >= 4 is 11.8 Å². The Bertz CT molecular complexity index is 1250. The lowest BCUT2D eigenvalue weighted by molar-refractivity contribution is 0.0525. The van der Waals surface area contributed by atoms with Crippen molar-refractivity contribution in [2.75, 3.05) is 25.7 Å². The van der Waals surface area contributed by atoms with Gasteiger partial charge in [0, 0.05) is 37.1 Å². The van der Waals surface area contributed by atoms with Gasteiger partial charge in [0.05, 0.1) is 32.0 Å². The number of anilines is 1. The van der Waals surface area contributed by atoms with Crippen LogP contribution < -0.4 is 9.64 Å². The Balaban J connectivity index is 1.52. The van der Waals surface area contributed by atoms with Crippen LogP contribution in [-0.2, 0) is 17.8 Å². The molecule has 0 radical (unpaired) electrons. The number of methoxy groups -OCH3 is 1. The highest BCUT2D eigenvalue weighted by Gasteiger charge is 2.14. The summed E-state index contributed by atoms with van der Waals surface area (Å²) in [6, 6.07) is 19.5. The van der Waals surface area contributed by atoms with Gasteiger partial charge in [0.25, 0.3) is 0 Å². The summed E-state index contributed by atoms with van der Waals surface area (Å²) < 4.78 is 12.7. The van der Waals surface area contributed by atoms with E-state index in [1.165, 1.54) is 0 Å². The lowest BCUT2D eigenvalue weighted by Crippen LogP contribution is -2.17. The Morgan fingerprint density at radius 2 is 1.85 bits per heavy atom. The molecule has 0 bridgehead atoms. The van der Waals surface area contributed by atoms with Crippen molar-refractivity contribution in [3.63, 3.8) is 0 Å². The van der Waals surface area contributed by atoms with Crippen LogP contribution in [0.1, 0.15) is 28.4 Å².